The number of sulfone groups is 1. The van der Waals surface area contributed by atoms with Crippen LogP contribution in [0.1, 0.15) is 12.0 Å². The molecular weight excluding hydrogens is 259 g/mol. The lowest BCUT2D eigenvalue weighted by Gasteiger charge is -2.30. The van der Waals surface area contributed by atoms with Gasteiger partial charge in [-0.2, -0.15) is 0 Å². The van der Waals surface area contributed by atoms with E-state index in [1.165, 1.54) is 24.3 Å². The first-order valence-corrected chi connectivity index (χ1v) is 7.54. The average Bonchev–Trinajstić information content (AvgIpc) is 2.32. The van der Waals surface area contributed by atoms with Gasteiger partial charge < -0.3 is 10.2 Å². The summed E-state index contributed by atoms with van der Waals surface area (Å²) in [5.74, 6) is -0.572. The fourth-order valence-electron chi connectivity index (χ4n) is 1.72. The average molecular weight is 276 g/mol. The molecule has 0 radical (unpaired) electrons. The molecule has 0 bridgehead atoms. The third-order valence-electron chi connectivity index (χ3n) is 3.01. The monoisotopic (exact) mass is 276 g/mol. The van der Waals surface area contributed by atoms with E-state index in [4.69, 9.17) is 0 Å². The van der Waals surface area contributed by atoms with Gasteiger partial charge in [-0.3, -0.25) is 0 Å². The number of aliphatic hydroxyl groups is 2. The van der Waals surface area contributed by atoms with Crippen molar-refractivity contribution in [2.75, 3.05) is 25.2 Å². The van der Waals surface area contributed by atoms with Crippen molar-refractivity contribution >= 4 is 9.84 Å². The van der Waals surface area contributed by atoms with Crippen molar-refractivity contribution in [2.24, 2.45) is 0 Å². The normalized spacial score (nSPS) is 12.7. The first kappa shape index (κ1) is 15.1. The van der Waals surface area contributed by atoms with Crippen molar-refractivity contribution in [1.29, 1.82) is 0 Å². The topological polar surface area (TPSA) is 74.6 Å². The zero-order valence-corrected chi connectivity index (χ0v) is 11.0. The highest BCUT2D eigenvalue weighted by Gasteiger charge is 2.32. The zero-order valence-electron chi connectivity index (χ0n) is 10.1. The van der Waals surface area contributed by atoms with E-state index in [0.29, 0.717) is 5.56 Å². The van der Waals surface area contributed by atoms with Gasteiger partial charge in [-0.05, 0) is 24.1 Å². The third kappa shape index (κ3) is 3.76. The van der Waals surface area contributed by atoms with Gasteiger partial charge in [0, 0.05) is 11.7 Å². The van der Waals surface area contributed by atoms with E-state index in [0.717, 1.165) is 6.26 Å². The quantitative estimate of drug-likeness (QED) is 0.792. The van der Waals surface area contributed by atoms with Crippen molar-refractivity contribution < 1.29 is 23.0 Å². The van der Waals surface area contributed by atoms with Gasteiger partial charge >= 0.3 is 0 Å². The Labute approximate surface area is 106 Å². The molecule has 0 amide bonds. The molecule has 2 N–H and O–H groups in total. The van der Waals surface area contributed by atoms with E-state index >= 15 is 0 Å². The van der Waals surface area contributed by atoms with Gasteiger partial charge in [0.2, 0.25) is 0 Å². The molecule has 0 aliphatic rings. The van der Waals surface area contributed by atoms with Gasteiger partial charge in [-0.15, -0.1) is 0 Å². The number of hydrogen-bond acceptors (Lipinski definition) is 4. The number of hydrogen-bond donors (Lipinski definition) is 2. The van der Waals surface area contributed by atoms with E-state index in [1.807, 2.05) is 0 Å². The number of benzene rings is 1. The minimum absolute atomic E-state index is 0.0878. The Hall–Kier alpha value is -0.980. The van der Waals surface area contributed by atoms with Crippen LogP contribution in [0.25, 0.3) is 0 Å². The molecule has 0 aromatic heterocycles. The van der Waals surface area contributed by atoms with Crippen LogP contribution in [0.4, 0.5) is 4.39 Å². The lowest BCUT2D eigenvalue weighted by Crippen LogP contribution is -2.36. The van der Waals surface area contributed by atoms with Crippen LogP contribution in [0.3, 0.4) is 0 Å². The minimum Gasteiger partial charge on any atom is -0.395 e. The Bertz CT molecular complexity index is 477. The van der Waals surface area contributed by atoms with Gasteiger partial charge in [-0.25, -0.2) is 12.8 Å². The summed E-state index contributed by atoms with van der Waals surface area (Å²) in [7, 11) is -3.19. The molecule has 0 aliphatic carbocycles. The van der Waals surface area contributed by atoms with Crippen LogP contribution in [0.15, 0.2) is 24.3 Å². The summed E-state index contributed by atoms with van der Waals surface area (Å²) in [5, 5.41) is 18.9. The van der Waals surface area contributed by atoms with E-state index in [1.54, 1.807) is 0 Å². The molecule has 0 saturated heterocycles. The summed E-state index contributed by atoms with van der Waals surface area (Å²) < 4.78 is 35.2. The van der Waals surface area contributed by atoms with Crippen molar-refractivity contribution in [1.82, 2.24) is 0 Å². The summed E-state index contributed by atoms with van der Waals surface area (Å²) in [6, 6.07) is 5.33. The van der Waals surface area contributed by atoms with Gasteiger partial charge in [0.05, 0.1) is 19.0 Å². The Morgan fingerprint density at radius 3 is 2.06 bits per heavy atom. The maximum absolute atomic E-state index is 12.8. The summed E-state index contributed by atoms with van der Waals surface area (Å²) >= 11 is 0. The van der Waals surface area contributed by atoms with Crippen molar-refractivity contribution in [3.63, 3.8) is 0 Å². The Balaban J connectivity index is 3.02. The molecule has 0 spiro atoms. The fraction of sp³-hybridized carbons (Fsp3) is 0.500. The zero-order chi connectivity index (χ0) is 13.8. The van der Waals surface area contributed by atoms with E-state index in [9.17, 15) is 23.0 Å². The summed E-state index contributed by atoms with van der Waals surface area (Å²) in [4.78, 5) is 0. The highest BCUT2D eigenvalue weighted by Crippen LogP contribution is 2.28. The first-order valence-electron chi connectivity index (χ1n) is 5.48. The third-order valence-corrected chi connectivity index (χ3v) is 3.96. The molecule has 1 aromatic rings. The molecule has 4 nitrogen and oxygen atoms in total. The Morgan fingerprint density at radius 1 is 1.17 bits per heavy atom. The van der Waals surface area contributed by atoms with Crippen LogP contribution in [-0.2, 0) is 15.3 Å². The van der Waals surface area contributed by atoms with Gasteiger partial charge in [-0.1, -0.05) is 12.1 Å². The first-order chi connectivity index (χ1) is 8.33. The lowest BCUT2D eigenvalue weighted by molar-refractivity contribution is 0.113. The van der Waals surface area contributed by atoms with E-state index in [-0.39, 0.29) is 12.2 Å². The molecule has 0 saturated carbocycles. The molecular formula is C12H17FO4S. The van der Waals surface area contributed by atoms with Crippen LogP contribution in [-0.4, -0.2) is 43.9 Å². The standard InChI is InChI=1S/C12H17FO4S/c1-18(16,17)7-6-12(8-14,9-15)10-2-4-11(13)5-3-10/h2-5,14-15H,6-9H2,1H3. The van der Waals surface area contributed by atoms with Crippen molar-refractivity contribution in [2.45, 2.75) is 11.8 Å². The van der Waals surface area contributed by atoms with Crippen LogP contribution in [0, 0.1) is 5.82 Å². The van der Waals surface area contributed by atoms with Crippen LogP contribution in [0.2, 0.25) is 0 Å². The Morgan fingerprint density at radius 2 is 1.67 bits per heavy atom. The van der Waals surface area contributed by atoms with E-state index < -0.39 is 34.3 Å². The predicted molar refractivity (Wildman–Crippen MR) is 66.6 cm³/mol. The van der Waals surface area contributed by atoms with Crippen LogP contribution in [0.5, 0.6) is 0 Å². The lowest BCUT2D eigenvalue weighted by atomic mass is 9.79. The fourth-order valence-corrected chi connectivity index (χ4v) is 2.48. The second-order valence-electron chi connectivity index (χ2n) is 4.48. The maximum Gasteiger partial charge on any atom is 0.147 e. The molecule has 0 atom stereocenters. The smallest absolute Gasteiger partial charge is 0.147 e. The van der Waals surface area contributed by atoms with Gasteiger partial charge in [0.1, 0.15) is 15.7 Å². The van der Waals surface area contributed by atoms with Crippen molar-refractivity contribution in [3.05, 3.63) is 35.6 Å². The molecule has 0 unspecified atom stereocenters. The van der Waals surface area contributed by atoms with Gasteiger partial charge in [0.25, 0.3) is 0 Å². The molecule has 0 fully saturated rings. The number of aliphatic hydroxyl groups excluding tert-OH is 2. The largest absolute Gasteiger partial charge is 0.395 e. The molecule has 0 aliphatic heterocycles. The van der Waals surface area contributed by atoms with Crippen LogP contribution < -0.4 is 0 Å². The highest BCUT2D eigenvalue weighted by molar-refractivity contribution is 7.90. The SMILES string of the molecule is CS(=O)(=O)CCC(CO)(CO)c1ccc(F)cc1. The molecule has 1 aromatic carbocycles. The van der Waals surface area contributed by atoms with Crippen LogP contribution >= 0.6 is 0 Å². The number of rotatable bonds is 6. The minimum atomic E-state index is -3.19. The van der Waals surface area contributed by atoms with Crippen molar-refractivity contribution in [3.8, 4) is 0 Å². The second kappa shape index (κ2) is 5.77. The summed E-state index contributed by atoms with van der Waals surface area (Å²) in [6.07, 6.45) is 1.18. The van der Waals surface area contributed by atoms with E-state index in [2.05, 4.69) is 0 Å². The molecule has 1 rings (SSSR count). The summed E-state index contributed by atoms with van der Waals surface area (Å²) in [5.41, 5.74) is -0.533. The molecule has 0 heterocycles. The second-order valence-corrected chi connectivity index (χ2v) is 6.74. The highest BCUT2D eigenvalue weighted by atomic mass is 32.2. The molecule has 102 valence electrons. The maximum atomic E-state index is 12.8. The molecule has 6 heteroatoms. The molecule has 18 heavy (non-hydrogen) atoms. The predicted octanol–water partition coefficient (Wildman–Crippen LogP) is 0.483. The summed E-state index contributed by atoms with van der Waals surface area (Å²) in [6.45, 7) is -0.796. The van der Waals surface area contributed by atoms with Gasteiger partial charge in [0.15, 0.2) is 0 Å². The Kier molecular flexibility index (Phi) is 4.84. The number of halogens is 1.